The molecule has 0 aromatic carbocycles. The largest absolute Gasteiger partial charge is 0.381 e. The van der Waals surface area contributed by atoms with Gasteiger partial charge in [-0.1, -0.05) is 20.8 Å². The molecule has 0 rings (SSSR count). The molecule has 2 N–H and O–H groups in total. The van der Waals surface area contributed by atoms with Crippen LogP contribution in [0, 0.1) is 5.92 Å². The molecule has 0 aromatic heterocycles. The average Bonchev–Trinajstić information content (AvgIpc) is 2.43. The van der Waals surface area contributed by atoms with Crippen molar-refractivity contribution in [1.29, 1.82) is 0 Å². The van der Waals surface area contributed by atoms with Gasteiger partial charge in [0.15, 0.2) is 5.96 Å². The summed E-state index contributed by atoms with van der Waals surface area (Å²) < 4.78 is 5.53. The van der Waals surface area contributed by atoms with E-state index in [1.807, 2.05) is 0 Å². The lowest BCUT2D eigenvalue weighted by Crippen LogP contribution is -2.39. The van der Waals surface area contributed by atoms with Gasteiger partial charge in [0.05, 0.1) is 0 Å². The fraction of sp³-hybridized carbons (Fsp3) is 0.867. The number of rotatable bonds is 10. The van der Waals surface area contributed by atoms with Gasteiger partial charge in [-0.2, -0.15) is 0 Å². The highest BCUT2D eigenvalue weighted by atomic mass is 16.5. The summed E-state index contributed by atoms with van der Waals surface area (Å²) in [4.78, 5) is 17.4. The molecule has 6 heteroatoms. The van der Waals surface area contributed by atoms with Crippen LogP contribution < -0.4 is 10.6 Å². The van der Waals surface area contributed by atoms with Crippen molar-refractivity contribution in [3.63, 3.8) is 0 Å². The number of likely N-dealkylation sites (N-methyl/N-ethyl adjacent to an activating group) is 1. The highest BCUT2D eigenvalue weighted by Crippen LogP contribution is 1.92. The van der Waals surface area contributed by atoms with E-state index in [2.05, 4.69) is 36.4 Å². The fourth-order valence-electron chi connectivity index (χ4n) is 1.41. The Hall–Kier alpha value is -1.30. The van der Waals surface area contributed by atoms with E-state index in [1.54, 1.807) is 19.0 Å². The first-order chi connectivity index (χ1) is 9.97. The van der Waals surface area contributed by atoms with E-state index in [4.69, 9.17) is 4.74 Å². The third-order valence-electron chi connectivity index (χ3n) is 2.62. The van der Waals surface area contributed by atoms with Gasteiger partial charge >= 0.3 is 0 Å². The summed E-state index contributed by atoms with van der Waals surface area (Å²) >= 11 is 0. The lowest BCUT2D eigenvalue weighted by atomic mass is 10.2. The highest BCUT2D eigenvalue weighted by Gasteiger charge is 2.04. The number of carbonyl (C=O) groups excluding carboxylic acids is 1. The normalized spacial score (nSPS) is 11.6. The number of ether oxygens (including phenoxy) is 1. The summed E-state index contributed by atoms with van der Waals surface area (Å²) in [6.07, 6.45) is 1.93. The predicted molar refractivity (Wildman–Crippen MR) is 87.6 cm³/mol. The number of guanidine groups is 1. The average molecular weight is 300 g/mol. The Balaban J connectivity index is 4.00. The van der Waals surface area contributed by atoms with Crippen LogP contribution in [0.15, 0.2) is 4.99 Å². The minimum Gasteiger partial charge on any atom is -0.381 e. The Kier molecular flexibility index (Phi) is 11.7. The van der Waals surface area contributed by atoms with Crippen LogP contribution in [0.2, 0.25) is 0 Å². The summed E-state index contributed by atoms with van der Waals surface area (Å²) in [5, 5.41) is 6.43. The van der Waals surface area contributed by atoms with Gasteiger partial charge in [0, 0.05) is 40.4 Å². The Bertz CT molecular complexity index is 304. The van der Waals surface area contributed by atoms with Crippen LogP contribution in [0.25, 0.3) is 0 Å². The molecule has 0 atom stereocenters. The maximum atomic E-state index is 11.5. The van der Waals surface area contributed by atoms with E-state index in [0.717, 1.165) is 39.1 Å². The Morgan fingerprint density at radius 3 is 2.48 bits per heavy atom. The second-order valence-electron chi connectivity index (χ2n) is 5.63. The van der Waals surface area contributed by atoms with E-state index in [9.17, 15) is 4.79 Å². The molecule has 0 spiro atoms. The van der Waals surface area contributed by atoms with E-state index in [-0.39, 0.29) is 12.5 Å². The van der Waals surface area contributed by atoms with E-state index in [0.29, 0.717) is 11.9 Å². The molecule has 1 amide bonds. The topological polar surface area (TPSA) is 66.0 Å². The van der Waals surface area contributed by atoms with E-state index < -0.39 is 0 Å². The van der Waals surface area contributed by atoms with Crippen LogP contribution in [0.1, 0.15) is 33.6 Å². The van der Waals surface area contributed by atoms with Crippen molar-refractivity contribution < 1.29 is 9.53 Å². The fourth-order valence-corrected chi connectivity index (χ4v) is 1.41. The number of nitrogens with one attached hydrogen (secondary N) is 2. The molecule has 0 fully saturated rings. The third-order valence-corrected chi connectivity index (χ3v) is 2.62. The monoisotopic (exact) mass is 300 g/mol. The van der Waals surface area contributed by atoms with Crippen molar-refractivity contribution in [2.45, 2.75) is 33.6 Å². The quantitative estimate of drug-likeness (QED) is 0.360. The van der Waals surface area contributed by atoms with Gasteiger partial charge < -0.3 is 20.3 Å². The molecule has 21 heavy (non-hydrogen) atoms. The summed E-state index contributed by atoms with van der Waals surface area (Å²) in [5.74, 6) is 1.25. The molecule has 124 valence electrons. The second-order valence-corrected chi connectivity index (χ2v) is 5.63. The zero-order chi connectivity index (χ0) is 16.1. The molecule has 0 unspecified atom stereocenters. The zero-order valence-corrected chi connectivity index (χ0v) is 14.2. The van der Waals surface area contributed by atoms with Crippen molar-refractivity contribution in [2.24, 2.45) is 10.9 Å². The van der Waals surface area contributed by atoms with Gasteiger partial charge in [-0.3, -0.25) is 4.79 Å². The molecule has 0 saturated carbocycles. The molecule has 0 heterocycles. The van der Waals surface area contributed by atoms with Gasteiger partial charge in [0.1, 0.15) is 6.54 Å². The van der Waals surface area contributed by atoms with E-state index >= 15 is 0 Å². The van der Waals surface area contributed by atoms with Crippen molar-refractivity contribution in [2.75, 3.05) is 46.9 Å². The van der Waals surface area contributed by atoms with Crippen LogP contribution >= 0.6 is 0 Å². The van der Waals surface area contributed by atoms with Crippen LogP contribution in [-0.2, 0) is 9.53 Å². The molecule has 6 nitrogen and oxygen atoms in total. The van der Waals surface area contributed by atoms with Gasteiger partial charge in [-0.15, -0.1) is 0 Å². The summed E-state index contributed by atoms with van der Waals surface area (Å²) in [5.41, 5.74) is 0. The van der Waals surface area contributed by atoms with Crippen LogP contribution in [0.4, 0.5) is 0 Å². The first-order valence-corrected chi connectivity index (χ1v) is 7.77. The zero-order valence-electron chi connectivity index (χ0n) is 14.2. The maximum Gasteiger partial charge on any atom is 0.243 e. The van der Waals surface area contributed by atoms with Crippen LogP contribution in [-0.4, -0.2) is 63.7 Å². The minimum atomic E-state index is -0.00661. The predicted octanol–water partition coefficient (Wildman–Crippen LogP) is 1.08. The number of aliphatic imine (C=N–C) groups is 1. The van der Waals surface area contributed by atoms with E-state index in [1.165, 1.54) is 0 Å². The molecule has 0 aliphatic heterocycles. The van der Waals surface area contributed by atoms with Gasteiger partial charge in [0.25, 0.3) is 0 Å². The molecule has 0 aliphatic carbocycles. The number of hydrogen-bond acceptors (Lipinski definition) is 3. The van der Waals surface area contributed by atoms with Crippen molar-refractivity contribution >= 4 is 11.9 Å². The van der Waals surface area contributed by atoms with Crippen LogP contribution in [0.3, 0.4) is 0 Å². The van der Waals surface area contributed by atoms with Crippen molar-refractivity contribution in [1.82, 2.24) is 15.5 Å². The Labute approximate surface area is 129 Å². The summed E-state index contributed by atoms with van der Waals surface area (Å²) in [7, 11) is 3.47. The smallest absolute Gasteiger partial charge is 0.243 e. The molecule has 0 saturated heterocycles. The van der Waals surface area contributed by atoms with Gasteiger partial charge in [0.2, 0.25) is 5.91 Å². The summed E-state index contributed by atoms with van der Waals surface area (Å²) in [6.45, 7) is 9.69. The SMILES string of the molecule is CCCNC(=NCC(=O)N(C)C)NCCCOCC(C)C. The Morgan fingerprint density at radius 1 is 1.24 bits per heavy atom. The molecular weight excluding hydrogens is 268 g/mol. The maximum absolute atomic E-state index is 11.5. The lowest BCUT2D eigenvalue weighted by Gasteiger charge is -2.13. The molecular formula is C15H32N4O2. The van der Waals surface area contributed by atoms with Gasteiger partial charge in [-0.05, 0) is 18.8 Å². The number of nitrogens with zero attached hydrogens (tertiary/aromatic N) is 2. The van der Waals surface area contributed by atoms with Gasteiger partial charge in [-0.25, -0.2) is 4.99 Å². The standard InChI is InChI=1S/C15H32N4O2/c1-6-8-16-15(18-11-14(20)19(4)5)17-9-7-10-21-12-13(2)3/h13H,6-12H2,1-5H3,(H2,16,17,18). The van der Waals surface area contributed by atoms with Crippen molar-refractivity contribution in [3.05, 3.63) is 0 Å². The minimum absolute atomic E-state index is 0.00661. The lowest BCUT2D eigenvalue weighted by molar-refractivity contribution is -0.127. The van der Waals surface area contributed by atoms with Crippen LogP contribution in [0.5, 0.6) is 0 Å². The number of amides is 1. The van der Waals surface area contributed by atoms with Crippen molar-refractivity contribution in [3.8, 4) is 0 Å². The second kappa shape index (κ2) is 12.4. The third kappa shape index (κ3) is 12.2. The molecule has 0 aromatic rings. The summed E-state index contributed by atoms with van der Waals surface area (Å²) in [6, 6.07) is 0. The number of carbonyl (C=O) groups is 1. The first kappa shape index (κ1) is 19.7. The Morgan fingerprint density at radius 2 is 1.90 bits per heavy atom. The molecule has 0 aliphatic rings. The molecule has 0 radical (unpaired) electrons. The highest BCUT2D eigenvalue weighted by molar-refractivity contribution is 5.84. The number of hydrogen-bond donors (Lipinski definition) is 2. The first-order valence-electron chi connectivity index (χ1n) is 7.77. The molecule has 0 bridgehead atoms.